The van der Waals surface area contributed by atoms with Gasteiger partial charge in [-0.1, -0.05) is 35.9 Å². The largest absolute Gasteiger partial charge is 0.341 e. The SMILES string of the molecule is O=C(CCc1ccc(F)c(Cl)c1)N1CCC(S(=O)(=O)c2ccccc2)C1. The van der Waals surface area contributed by atoms with Gasteiger partial charge in [-0.25, -0.2) is 12.8 Å². The molecule has 4 nitrogen and oxygen atoms in total. The van der Waals surface area contributed by atoms with Crippen LogP contribution in [0, 0.1) is 5.82 Å². The lowest BCUT2D eigenvalue weighted by Gasteiger charge is -2.17. The summed E-state index contributed by atoms with van der Waals surface area (Å²) in [5, 5.41) is -0.542. The third-order valence-electron chi connectivity index (χ3n) is 4.62. The van der Waals surface area contributed by atoms with Crippen LogP contribution in [-0.4, -0.2) is 37.6 Å². The van der Waals surface area contributed by atoms with Crippen molar-refractivity contribution in [1.29, 1.82) is 0 Å². The molecule has 0 aliphatic carbocycles. The number of hydrogen-bond acceptors (Lipinski definition) is 3. The molecule has 0 aromatic heterocycles. The highest BCUT2D eigenvalue weighted by Crippen LogP contribution is 2.24. The number of amides is 1. The molecular weight excluding hydrogens is 377 g/mol. The highest BCUT2D eigenvalue weighted by molar-refractivity contribution is 7.92. The fourth-order valence-corrected chi connectivity index (χ4v) is 5.03. The molecule has 1 heterocycles. The summed E-state index contributed by atoms with van der Waals surface area (Å²) in [6.07, 6.45) is 1.11. The van der Waals surface area contributed by atoms with Gasteiger partial charge < -0.3 is 4.90 Å². The van der Waals surface area contributed by atoms with Crippen molar-refractivity contribution in [3.63, 3.8) is 0 Å². The molecule has 1 aliphatic heterocycles. The normalized spacial score (nSPS) is 17.5. The molecule has 7 heteroatoms. The third-order valence-corrected chi connectivity index (χ3v) is 7.10. The minimum absolute atomic E-state index is 0.0325. The van der Waals surface area contributed by atoms with E-state index >= 15 is 0 Å². The number of nitrogens with zero attached hydrogens (tertiary/aromatic N) is 1. The number of sulfone groups is 1. The highest BCUT2D eigenvalue weighted by Gasteiger charge is 2.35. The smallest absolute Gasteiger partial charge is 0.222 e. The maximum atomic E-state index is 13.2. The summed E-state index contributed by atoms with van der Waals surface area (Å²) < 4.78 is 38.5. The van der Waals surface area contributed by atoms with Crippen molar-refractivity contribution >= 4 is 27.3 Å². The molecule has 1 unspecified atom stereocenters. The number of rotatable bonds is 5. The number of carbonyl (C=O) groups is 1. The average molecular weight is 396 g/mol. The first-order valence-corrected chi connectivity index (χ1v) is 10.3. The van der Waals surface area contributed by atoms with E-state index in [1.54, 1.807) is 41.3 Å². The molecule has 2 aromatic rings. The molecule has 1 fully saturated rings. The van der Waals surface area contributed by atoms with E-state index in [0.717, 1.165) is 5.56 Å². The summed E-state index contributed by atoms with van der Waals surface area (Å²) in [6, 6.07) is 12.7. The number of likely N-dealkylation sites (tertiary alicyclic amines) is 1. The zero-order valence-electron chi connectivity index (χ0n) is 14.1. The van der Waals surface area contributed by atoms with Gasteiger partial charge in [0, 0.05) is 19.5 Å². The van der Waals surface area contributed by atoms with Crippen molar-refractivity contribution in [3.05, 3.63) is 64.9 Å². The van der Waals surface area contributed by atoms with Crippen molar-refractivity contribution in [2.24, 2.45) is 0 Å². The Kier molecular flexibility index (Phi) is 5.63. The molecule has 0 spiro atoms. The Labute approximate surface area is 157 Å². The Balaban J connectivity index is 1.59. The van der Waals surface area contributed by atoms with E-state index in [1.165, 1.54) is 12.1 Å². The highest BCUT2D eigenvalue weighted by atomic mass is 35.5. The van der Waals surface area contributed by atoms with Crippen LogP contribution in [0.2, 0.25) is 5.02 Å². The standard InChI is InChI=1S/C19H19ClFNO3S/c20-17-12-14(6-8-18(17)21)7-9-19(23)22-11-10-16(13-22)26(24,25)15-4-2-1-3-5-15/h1-6,8,12,16H,7,9-11,13H2. The van der Waals surface area contributed by atoms with Gasteiger partial charge in [-0.2, -0.15) is 0 Å². The van der Waals surface area contributed by atoms with Crippen LogP contribution in [0.15, 0.2) is 53.4 Å². The van der Waals surface area contributed by atoms with Crippen LogP contribution in [0.5, 0.6) is 0 Å². The fraction of sp³-hybridized carbons (Fsp3) is 0.316. The van der Waals surface area contributed by atoms with E-state index in [4.69, 9.17) is 11.6 Å². The molecule has 1 saturated heterocycles. The first-order valence-electron chi connectivity index (χ1n) is 8.38. The van der Waals surface area contributed by atoms with Crippen LogP contribution in [-0.2, 0) is 21.1 Å². The number of benzene rings is 2. The Bertz CT molecular complexity index is 902. The summed E-state index contributed by atoms with van der Waals surface area (Å²) in [5.41, 5.74) is 0.775. The van der Waals surface area contributed by atoms with Gasteiger partial charge in [-0.15, -0.1) is 0 Å². The van der Waals surface area contributed by atoms with Crippen molar-refractivity contribution < 1.29 is 17.6 Å². The summed E-state index contributed by atoms with van der Waals surface area (Å²) in [7, 11) is -3.44. The van der Waals surface area contributed by atoms with E-state index < -0.39 is 20.9 Å². The molecule has 0 radical (unpaired) electrons. The average Bonchev–Trinajstić information content (AvgIpc) is 3.14. The van der Waals surface area contributed by atoms with Crippen molar-refractivity contribution in [1.82, 2.24) is 4.90 Å². The van der Waals surface area contributed by atoms with Crippen LogP contribution < -0.4 is 0 Å². The predicted molar refractivity (Wildman–Crippen MR) is 98.3 cm³/mol. The second kappa shape index (κ2) is 7.76. The molecule has 1 atom stereocenters. The Morgan fingerprint density at radius 2 is 1.92 bits per heavy atom. The molecule has 3 rings (SSSR count). The Morgan fingerprint density at radius 3 is 2.62 bits per heavy atom. The van der Waals surface area contributed by atoms with Crippen molar-refractivity contribution in [3.8, 4) is 0 Å². The van der Waals surface area contributed by atoms with E-state index in [1.807, 2.05) is 0 Å². The van der Waals surface area contributed by atoms with Crippen LogP contribution in [0.1, 0.15) is 18.4 Å². The van der Waals surface area contributed by atoms with E-state index in [-0.39, 0.29) is 23.9 Å². The minimum Gasteiger partial charge on any atom is -0.341 e. The lowest BCUT2D eigenvalue weighted by molar-refractivity contribution is -0.130. The number of carbonyl (C=O) groups excluding carboxylic acids is 1. The minimum atomic E-state index is -3.44. The number of halogens is 2. The van der Waals surface area contributed by atoms with Crippen LogP contribution in [0.4, 0.5) is 4.39 Å². The van der Waals surface area contributed by atoms with Crippen LogP contribution in [0.25, 0.3) is 0 Å². The quantitative estimate of drug-likeness (QED) is 0.778. The lowest BCUT2D eigenvalue weighted by atomic mass is 10.1. The molecule has 1 aliphatic rings. The molecular formula is C19H19ClFNO3S. The molecule has 0 bridgehead atoms. The first-order chi connectivity index (χ1) is 12.4. The van der Waals surface area contributed by atoms with E-state index in [2.05, 4.69) is 0 Å². The van der Waals surface area contributed by atoms with Gasteiger partial charge in [0.1, 0.15) is 5.82 Å². The maximum absolute atomic E-state index is 13.2. The van der Waals surface area contributed by atoms with Gasteiger partial charge in [0.2, 0.25) is 5.91 Å². The summed E-state index contributed by atoms with van der Waals surface area (Å²) in [4.78, 5) is 14.3. The molecule has 0 N–H and O–H groups in total. The second-order valence-electron chi connectivity index (χ2n) is 6.36. The lowest BCUT2D eigenvalue weighted by Crippen LogP contribution is -2.32. The zero-order valence-corrected chi connectivity index (χ0v) is 15.6. The third kappa shape index (κ3) is 4.07. The van der Waals surface area contributed by atoms with Gasteiger partial charge in [0.15, 0.2) is 9.84 Å². The Morgan fingerprint density at radius 1 is 1.19 bits per heavy atom. The van der Waals surface area contributed by atoms with Crippen molar-refractivity contribution in [2.75, 3.05) is 13.1 Å². The molecule has 0 saturated carbocycles. The maximum Gasteiger partial charge on any atom is 0.222 e. The topological polar surface area (TPSA) is 54.5 Å². The zero-order chi connectivity index (χ0) is 18.7. The van der Waals surface area contributed by atoms with Gasteiger partial charge in [0.05, 0.1) is 15.2 Å². The number of aryl methyl sites for hydroxylation is 1. The monoisotopic (exact) mass is 395 g/mol. The summed E-state index contributed by atoms with van der Waals surface area (Å²) in [5.74, 6) is -0.591. The van der Waals surface area contributed by atoms with Crippen molar-refractivity contribution in [2.45, 2.75) is 29.4 Å². The van der Waals surface area contributed by atoms with Crippen LogP contribution in [0.3, 0.4) is 0 Å². The molecule has 138 valence electrons. The Hall–Kier alpha value is -1.92. The summed E-state index contributed by atoms with van der Waals surface area (Å²) in [6.45, 7) is 0.639. The molecule has 26 heavy (non-hydrogen) atoms. The fourth-order valence-electron chi connectivity index (χ4n) is 3.12. The van der Waals surface area contributed by atoms with Gasteiger partial charge in [-0.3, -0.25) is 4.79 Å². The van der Waals surface area contributed by atoms with Gasteiger partial charge in [0.25, 0.3) is 0 Å². The van der Waals surface area contributed by atoms with E-state index in [0.29, 0.717) is 24.3 Å². The first kappa shape index (κ1) is 18.9. The van der Waals surface area contributed by atoms with Crippen LogP contribution >= 0.6 is 11.6 Å². The van der Waals surface area contributed by atoms with E-state index in [9.17, 15) is 17.6 Å². The predicted octanol–water partition coefficient (Wildman–Crippen LogP) is 3.49. The molecule has 1 amide bonds. The molecule has 2 aromatic carbocycles. The van der Waals surface area contributed by atoms with Gasteiger partial charge >= 0.3 is 0 Å². The number of hydrogen-bond donors (Lipinski definition) is 0. The summed E-state index contributed by atoms with van der Waals surface area (Å²) >= 11 is 5.75. The van der Waals surface area contributed by atoms with Gasteiger partial charge in [-0.05, 0) is 42.7 Å². The second-order valence-corrected chi connectivity index (χ2v) is 8.99.